The van der Waals surface area contributed by atoms with E-state index in [2.05, 4.69) is 27.2 Å². The molecule has 27 heavy (non-hydrogen) atoms. The maximum Gasteiger partial charge on any atom is 0.234 e. The number of thioether (sulfide) groups is 1. The van der Waals surface area contributed by atoms with Gasteiger partial charge in [-0.05, 0) is 18.2 Å². The highest BCUT2D eigenvalue weighted by molar-refractivity contribution is 8.00. The summed E-state index contributed by atoms with van der Waals surface area (Å²) in [5.74, 6) is 0.568. The molecule has 0 aliphatic carbocycles. The molecular weight excluding hydrogens is 386 g/mol. The van der Waals surface area contributed by atoms with Crippen molar-refractivity contribution in [3.8, 4) is 0 Å². The van der Waals surface area contributed by atoms with Crippen LogP contribution >= 0.6 is 23.1 Å². The summed E-state index contributed by atoms with van der Waals surface area (Å²) in [5, 5.41) is 16.0. The van der Waals surface area contributed by atoms with Crippen molar-refractivity contribution in [2.45, 2.75) is 11.9 Å². The van der Waals surface area contributed by atoms with Gasteiger partial charge in [0.2, 0.25) is 5.91 Å². The molecule has 1 amide bonds. The Balaban J connectivity index is 1.63. The highest BCUT2D eigenvalue weighted by Crippen LogP contribution is 2.33. The molecule has 0 spiro atoms. The summed E-state index contributed by atoms with van der Waals surface area (Å²) in [6.45, 7) is 5.91. The fourth-order valence-electron chi connectivity index (χ4n) is 2.30. The maximum atomic E-state index is 12.3. The number of carbonyl (C=O) groups excluding carboxylic acids is 1. The van der Waals surface area contributed by atoms with Crippen LogP contribution in [0.25, 0.3) is 16.8 Å². The Labute approximate surface area is 163 Å². The second-order valence-electron chi connectivity index (χ2n) is 5.58. The van der Waals surface area contributed by atoms with E-state index in [0.29, 0.717) is 50.0 Å². The highest BCUT2D eigenvalue weighted by atomic mass is 32.2. The number of benzene rings is 1. The van der Waals surface area contributed by atoms with E-state index in [1.165, 1.54) is 23.1 Å². The molecule has 5 N–H and O–H groups in total. The van der Waals surface area contributed by atoms with Crippen LogP contribution in [0.3, 0.4) is 0 Å². The Kier molecular flexibility index (Phi) is 5.99. The van der Waals surface area contributed by atoms with Crippen LogP contribution in [0, 0.1) is 6.92 Å². The molecule has 8 nitrogen and oxygen atoms in total. The zero-order valence-corrected chi connectivity index (χ0v) is 16.2. The average Bonchev–Trinajstić information content (AvgIpc) is 3.20. The molecule has 0 fully saturated rings. The Hall–Kier alpha value is -2.56. The third-order valence-electron chi connectivity index (χ3n) is 3.39. The molecule has 0 atom stereocenters. The number of oxazole rings is 1. The van der Waals surface area contributed by atoms with Gasteiger partial charge >= 0.3 is 0 Å². The second kappa shape index (κ2) is 8.42. The maximum absolute atomic E-state index is 12.3. The first-order valence-electron chi connectivity index (χ1n) is 8.06. The number of hydrogen-bond donors (Lipinski definition) is 4. The molecule has 0 unspecified atom stereocenters. The van der Waals surface area contributed by atoms with Gasteiger partial charge in [-0.1, -0.05) is 29.7 Å². The van der Waals surface area contributed by atoms with E-state index in [1.54, 1.807) is 25.1 Å². The minimum absolute atomic E-state index is 0.00123. The zero-order valence-electron chi connectivity index (χ0n) is 14.6. The van der Waals surface area contributed by atoms with Crippen molar-refractivity contribution in [1.29, 1.82) is 0 Å². The van der Waals surface area contributed by atoms with Crippen LogP contribution in [-0.4, -0.2) is 39.9 Å². The number of aliphatic hydroxyl groups is 1. The summed E-state index contributed by atoms with van der Waals surface area (Å²) < 4.78 is 5.42. The summed E-state index contributed by atoms with van der Waals surface area (Å²) >= 11 is 2.61. The van der Waals surface area contributed by atoms with Gasteiger partial charge in [-0.2, -0.15) is 0 Å². The average molecular weight is 406 g/mol. The highest BCUT2D eigenvalue weighted by Gasteiger charge is 2.15. The molecule has 0 aliphatic rings. The number of anilines is 2. The van der Waals surface area contributed by atoms with Gasteiger partial charge in [-0.3, -0.25) is 4.79 Å². The third-order valence-corrected chi connectivity index (χ3v) is 5.59. The number of aliphatic hydroxyl groups excluding tert-OH is 1. The smallest absolute Gasteiger partial charge is 0.234 e. The summed E-state index contributed by atoms with van der Waals surface area (Å²) in [6, 6.07) is 5.30. The van der Waals surface area contributed by atoms with Crippen molar-refractivity contribution in [2.75, 3.05) is 29.5 Å². The number of aromatic nitrogens is 2. The quantitative estimate of drug-likeness (QED) is 0.421. The topological polar surface area (TPSA) is 126 Å². The van der Waals surface area contributed by atoms with Gasteiger partial charge < -0.3 is 25.9 Å². The molecule has 1 aromatic carbocycles. The molecule has 0 saturated heterocycles. The number of rotatable bonds is 8. The van der Waals surface area contributed by atoms with Crippen LogP contribution in [0.5, 0.6) is 0 Å². The summed E-state index contributed by atoms with van der Waals surface area (Å²) in [4.78, 5) is 21.7. The van der Waals surface area contributed by atoms with E-state index in [0.717, 1.165) is 0 Å². The first kappa shape index (κ1) is 19.2. The lowest BCUT2D eigenvalue weighted by molar-refractivity contribution is -0.113. The van der Waals surface area contributed by atoms with Crippen molar-refractivity contribution in [3.63, 3.8) is 0 Å². The summed E-state index contributed by atoms with van der Waals surface area (Å²) in [7, 11) is 0. The van der Waals surface area contributed by atoms with E-state index in [1.807, 2.05) is 0 Å². The minimum atomic E-state index is -0.175. The molecule has 3 rings (SSSR count). The Morgan fingerprint density at radius 2 is 2.26 bits per heavy atom. The van der Waals surface area contributed by atoms with Crippen molar-refractivity contribution in [3.05, 3.63) is 35.5 Å². The Bertz CT molecular complexity index is 982. The summed E-state index contributed by atoms with van der Waals surface area (Å²) in [5.41, 5.74) is 8.22. The van der Waals surface area contributed by atoms with Crippen LogP contribution in [0.2, 0.25) is 0 Å². The standard InChI is InChI=1S/C17H19N5O3S2/c1-9(18)15-16(22-17(27-15)19-5-6-23)26-8-14(24)21-11-3-4-13-12(7-11)20-10(2)25-13/h3-4,7,23H,1,5-6,8,18H2,2H3,(H,19,22)(H,21,24). The van der Waals surface area contributed by atoms with Gasteiger partial charge in [0.05, 0.1) is 17.2 Å². The third kappa shape index (κ3) is 4.79. The van der Waals surface area contributed by atoms with Crippen LogP contribution in [0.4, 0.5) is 10.8 Å². The molecule has 2 heterocycles. The Morgan fingerprint density at radius 3 is 3.00 bits per heavy atom. The number of hydrogen-bond acceptors (Lipinski definition) is 9. The molecular formula is C17H19N5O3S2. The number of nitrogens with one attached hydrogen (secondary N) is 2. The lowest BCUT2D eigenvalue weighted by Gasteiger charge is -2.05. The minimum Gasteiger partial charge on any atom is -0.441 e. The van der Waals surface area contributed by atoms with Crippen molar-refractivity contribution in [2.24, 2.45) is 5.73 Å². The first-order chi connectivity index (χ1) is 13.0. The SMILES string of the molecule is C=C(N)c1sc(NCCO)nc1SCC(=O)Nc1ccc2oc(C)nc2c1. The number of fused-ring (bicyclic) bond motifs is 1. The van der Waals surface area contributed by atoms with E-state index < -0.39 is 0 Å². The van der Waals surface area contributed by atoms with E-state index in [4.69, 9.17) is 15.3 Å². The normalized spacial score (nSPS) is 10.9. The lowest BCUT2D eigenvalue weighted by atomic mass is 10.3. The van der Waals surface area contributed by atoms with Gasteiger partial charge in [-0.15, -0.1) is 0 Å². The van der Waals surface area contributed by atoms with Crippen molar-refractivity contribution < 1.29 is 14.3 Å². The molecule has 0 bridgehead atoms. The van der Waals surface area contributed by atoms with E-state index in [-0.39, 0.29) is 18.3 Å². The Morgan fingerprint density at radius 1 is 1.44 bits per heavy atom. The largest absolute Gasteiger partial charge is 0.441 e. The fourth-order valence-corrected chi connectivity index (χ4v) is 4.18. The van der Waals surface area contributed by atoms with Gasteiger partial charge in [-0.25, -0.2) is 9.97 Å². The molecule has 2 aromatic heterocycles. The number of amides is 1. The van der Waals surface area contributed by atoms with E-state index >= 15 is 0 Å². The van der Waals surface area contributed by atoms with Crippen LogP contribution in [0.1, 0.15) is 10.8 Å². The van der Waals surface area contributed by atoms with Gasteiger partial charge in [0.15, 0.2) is 16.6 Å². The molecule has 3 aromatic rings. The van der Waals surface area contributed by atoms with Gasteiger partial charge in [0.1, 0.15) is 10.5 Å². The first-order valence-corrected chi connectivity index (χ1v) is 9.86. The number of aryl methyl sites for hydroxylation is 1. The molecule has 0 aliphatic heterocycles. The molecule has 0 saturated carbocycles. The zero-order chi connectivity index (χ0) is 19.4. The predicted octanol–water partition coefficient (Wildman–Crippen LogP) is 2.66. The predicted molar refractivity (Wildman–Crippen MR) is 109 cm³/mol. The van der Waals surface area contributed by atoms with E-state index in [9.17, 15) is 4.79 Å². The van der Waals surface area contributed by atoms with Crippen LogP contribution in [0.15, 0.2) is 34.2 Å². The van der Waals surface area contributed by atoms with Crippen molar-refractivity contribution >= 4 is 56.6 Å². The van der Waals surface area contributed by atoms with Crippen molar-refractivity contribution in [1.82, 2.24) is 9.97 Å². The molecule has 0 radical (unpaired) electrons. The number of nitrogens with zero attached hydrogens (tertiary/aromatic N) is 2. The lowest BCUT2D eigenvalue weighted by Crippen LogP contribution is -2.14. The van der Waals surface area contributed by atoms with Crippen LogP contribution in [-0.2, 0) is 4.79 Å². The fraction of sp³-hybridized carbons (Fsp3) is 0.235. The van der Waals surface area contributed by atoms with Gasteiger partial charge in [0, 0.05) is 24.9 Å². The second-order valence-corrected chi connectivity index (χ2v) is 7.54. The number of carbonyl (C=O) groups is 1. The monoisotopic (exact) mass is 405 g/mol. The summed E-state index contributed by atoms with van der Waals surface area (Å²) in [6.07, 6.45) is 0. The van der Waals surface area contributed by atoms with Crippen LogP contribution < -0.4 is 16.4 Å². The number of thiazole rings is 1. The van der Waals surface area contributed by atoms with Gasteiger partial charge in [0.25, 0.3) is 0 Å². The molecule has 10 heteroatoms. The molecule has 142 valence electrons. The number of nitrogens with two attached hydrogens (primary N) is 1.